The summed E-state index contributed by atoms with van der Waals surface area (Å²) < 4.78 is 15.8. The summed E-state index contributed by atoms with van der Waals surface area (Å²) in [6.07, 6.45) is 1.67. The Morgan fingerprint density at radius 1 is 1.24 bits per heavy atom. The van der Waals surface area contributed by atoms with Crippen molar-refractivity contribution in [2.45, 2.75) is 13.5 Å². The summed E-state index contributed by atoms with van der Waals surface area (Å²) in [6, 6.07) is 7.23. The quantitative estimate of drug-likeness (QED) is 0.859. The van der Waals surface area contributed by atoms with Gasteiger partial charge in [-0.05, 0) is 31.2 Å². The normalized spacial score (nSPS) is 10.2. The van der Waals surface area contributed by atoms with Crippen molar-refractivity contribution >= 4 is 0 Å². The summed E-state index contributed by atoms with van der Waals surface area (Å²) in [6.45, 7) is 2.90. The van der Waals surface area contributed by atoms with Crippen LogP contribution in [0.1, 0.15) is 12.6 Å². The summed E-state index contributed by atoms with van der Waals surface area (Å²) in [5, 5.41) is 0. The van der Waals surface area contributed by atoms with Crippen LogP contribution in [-0.2, 0) is 6.54 Å². The first-order chi connectivity index (χ1) is 8.31. The third kappa shape index (κ3) is 2.98. The lowest BCUT2D eigenvalue weighted by Crippen LogP contribution is -1.95. The molecule has 90 valence electrons. The zero-order valence-electron chi connectivity index (χ0n) is 9.55. The molecule has 1 aromatic carbocycles. The van der Waals surface area contributed by atoms with Gasteiger partial charge in [-0.2, -0.15) is 4.98 Å². The molecule has 5 nitrogen and oxygen atoms in total. The lowest BCUT2D eigenvalue weighted by molar-refractivity contribution is 0.326. The van der Waals surface area contributed by atoms with E-state index < -0.39 is 0 Å². The number of oxazole rings is 1. The molecule has 0 atom stereocenters. The number of nitrogens with zero attached hydrogens (tertiary/aromatic N) is 1. The van der Waals surface area contributed by atoms with Gasteiger partial charge >= 0.3 is 6.08 Å². The molecule has 0 spiro atoms. The number of ether oxygens (including phenoxy) is 2. The van der Waals surface area contributed by atoms with E-state index in [0.29, 0.717) is 24.6 Å². The highest BCUT2D eigenvalue weighted by atomic mass is 16.6. The van der Waals surface area contributed by atoms with E-state index in [1.807, 2.05) is 19.1 Å². The smallest absolute Gasteiger partial charge is 0.399 e. The van der Waals surface area contributed by atoms with Gasteiger partial charge in [0.25, 0.3) is 0 Å². The van der Waals surface area contributed by atoms with Crippen molar-refractivity contribution in [3.63, 3.8) is 0 Å². The molecule has 0 aliphatic carbocycles. The van der Waals surface area contributed by atoms with Gasteiger partial charge in [-0.3, -0.25) is 0 Å². The van der Waals surface area contributed by atoms with E-state index in [2.05, 4.69) is 4.98 Å². The molecule has 0 fully saturated rings. The molecule has 17 heavy (non-hydrogen) atoms. The Morgan fingerprint density at radius 3 is 2.53 bits per heavy atom. The topological polar surface area (TPSA) is 70.5 Å². The standard InChI is InChI=1S/C12H14N2O3/c1-2-15-10-3-5-11(6-4-10)17-12-14-9(7-13)8-16-12/h3-6,8H,2,7,13H2,1H3. The summed E-state index contributed by atoms with van der Waals surface area (Å²) in [7, 11) is 0. The maximum Gasteiger partial charge on any atom is 0.399 e. The van der Waals surface area contributed by atoms with E-state index in [-0.39, 0.29) is 6.08 Å². The van der Waals surface area contributed by atoms with Crippen molar-refractivity contribution < 1.29 is 13.9 Å². The second-order valence-electron chi connectivity index (χ2n) is 3.32. The monoisotopic (exact) mass is 234 g/mol. The van der Waals surface area contributed by atoms with Crippen molar-refractivity contribution in [1.29, 1.82) is 0 Å². The Balaban J connectivity index is 2.03. The van der Waals surface area contributed by atoms with E-state index in [4.69, 9.17) is 19.6 Å². The fourth-order valence-corrected chi connectivity index (χ4v) is 1.30. The van der Waals surface area contributed by atoms with E-state index in [1.165, 1.54) is 6.26 Å². The minimum Gasteiger partial charge on any atom is -0.494 e. The first-order valence-corrected chi connectivity index (χ1v) is 5.37. The number of hydrogen-bond donors (Lipinski definition) is 1. The molecule has 0 aliphatic rings. The minimum absolute atomic E-state index is 0.189. The molecule has 2 aromatic rings. The maximum atomic E-state index is 5.42. The van der Waals surface area contributed by atoms with Crippen LogP contribution in [0.4, 0.5) is 0 Å². The van der Waals surface area contributed by atoms with Gasteiger partial charge in [0, 0.05) is 6.54 Å². The molecule has 0 saturated heterocycles. The van der Waals surface area contributed by atoms with E-state index in [0.717, 1.165) is 5.75 Å². The van der Waals surface area contributed by atoms with Gasteiger partial charge in [-0.1, -0.05) is 0 Å². The predicted octanol–water partition coefficient (Wildman–Crippen LogP) is 2.32. The predicted molar refractivity (Wildman–Crippen MR) is 62.1 cm³/mol. The summed E-state index contributed by atoms with van der Waals surface area (Å²) >= 11 is 0. The molecule has 1 heterocycles. The Kier molecular flexibility index (Phi) is 3.62. The van der Waals surface area contributed by atoms with Crippen LogP contribution >= 0.6 is 0 Å². The van der Waals surface area contributed by atoms with Crippen molar-refractivity contribution in [2.75, 3.05) is 6.61 Å². The third-order valence-corrected chi connectivity index (χ3v) is 2.08. The first-order valence-electron chi connectivity index (χ1n) is 5.37. The van der Waals surface area contributed by atoms with Crippen LogP contribution in [0.5, 0.6) is 17.6 Å². The fraction of sp³-hybridized carbons (Fsp3) is 0.250. The SMILES string of the molecule is CCOc1ccc(Oc2nc(CN)co2)cc1. The zero-order valence-corrected chi connectivity index (χ0v) is 9.55. The highest BCUT2D eigenvalue weighted by Crippen LogP contribution is 2.23. The Hall–Kier alpha value is -2.01. The molecular weight excluding hydrogens is 220 g/mol. The number of hydrogen-bond acceptors (Lipinski definition) is 5. The van der Waals surface area contributed by atoms with E-state index in [9.17, 15) is 0 Å². The van der Waals surface area contributed by atoms with Crippen molar-refractivity contribution in [1.82, 2.24) is 4.98 Å². The minimum atomic E-state index is 0.189. The van der Waals surface area contributed by atoms with Gasteiger partial charge in [-0.25, -0.2) is 0 Å². The lowest BCUT2D eigenvalue weighted by atomic mass is 10.3. The average Bonchev–Trinajstić information content (AvgIpc) is 2.80. The lowest BCUT2D eigenvalue weighted by Gasteiger charge is -2.04. The maximum absolute atomic E-state index is 5.42. The number of rotatable bonds is 5. The molecule has 0 unspecified atom stereocenters. The second-order valence-corrected chi connectivity index (χ2v) is 3.32. The van der Waals surface area contributed by atoms with Crippen molar-refractivity contribution in [3.8, 4) is 17.6 Å². The van der Waals surface area contributed by atoms with Gasteiger partial charge in [-0.15, -0.1) is 0 Å². The third-order valence-electron chi connectivity index (χ3n) is 2.08. The van der Waals surface area contributed by atoms with E-state index in [1.54, 1.807) is 12.1 Å². The van der Waals surface area contributed by atoms with Crippen LogP contribution in [0, 0.1) is 0 Å². The van der Waals surface area contributed by atoms with Crippen LogP contribution in [-0.4, -0.2) is 11.6 Å². The van der Waals surface area contributed by atoms with E-state index >= 15 is 0 Å². The van der Waals surface area contributed by atoms with Gasteiger partial charge < -0.3 is 19.6 Å². The zero-order chi connectivity index (χ0) is 12.1. The van der Waals surface area contributed by atoms with Gasteiger partial charge in [0.05, 0.1) is 12.3 Å². The Morgan fingerprint density at radius 2 is 1.94 bits per heavy atom. The molecule has 0 radical (unpaired) electrons. The highest BCUT2D eigenvalue weighted by Gasteiger charge is 2.05. The Labute approximate surface area is 99.2 Å². The summed E-state index contributed by atoms with van der Waals surface area (Å²) in [4.78, 5) is 4.04. The molecule has 0 amide bonds. The second kappa shape index (κ2) is 5.36. The summed E-state index contributed by atoms with van der Waals surface area (Å²) in [5.41, 5.74) is 6.07. The van der Waals surface area contributed by atoms with Gasteiger partial charge in [0.15, 0.2) is 0 Å². The highest BCUT2D eigenvalue weighted by molar-refractivity contribution is 5.32. The molecule has 2 N–H and O–H groups in total. The van der Waals surface area contributed by atoms with Crippen LogP contribution in [0.25, 0.3) is 0 Å². The average molecular weight is 234 g/mol. The summed E-state index contributed by atoms with van der Waals surface area (Å²) in [5.74, 6) is 1.44. The number of aromatic nitrogens is 1. The van der Waals surface area contributed by atoms with Crippen LogP contribution < -0.4 is 15.2 Å². The van der Waals surface area contributed by atoms with Crippen molar-refractivity contribution in [3.05, 3.63) is 36.2 Å². The molecule has 0 bridgehead atoms. The molecule has 5 heteroatoms. The molecular formula is C12H14N2O3. The molecule has 0 saturated carbocycles. The van der Waals surface area contributed by atoms with Gasteiger partial charge in [0.2, 0.25) is 0 Å². The Bertz CT molecular complexity index is 465. The number of nitrogens with two attached hydrogens (primary N) is 1. The molecule has 2 rings (SSSR count). The van der Waals surface area contributed by atoms with Crippen LogP contribution in [0.3, 0.4) is 0 Å². The van der Waals surface area contributed by atoms with Crippen molar-refractivity contribution in [2.24, 2.45) is 5.73 Å². The fourth-order valence-electron chi connectivity index (χ4n) is 1.30. The first kappa shape index (κ1) is 11.5. The van der Waals surface area contributed by atoms with Gasteiger partial charge in [0.1, 0.15) is 17.8 Å². The largest absolute Gasteiger partial charge is 0.494 e. The molecule has 1 aromatic heterocycles. The number of benzene rings is 1. The van der Waals surface area contributed by atoms with Crippen LogP contribution in [0.15, 0.2) is 34.9 Å². The molecule has 0 aliphatic heterocycles. The van der Waals surface area contributed by atoms with Crippen LogP contribution in [0.2, 0.25) is 0 Å².